The van der Waals surface area contributed by atoms with E-state index in [1.807, 2.05) is 12.4 Å². The van der Waals surface area contributed by atoms with E-state index >= 15 is 0 Å². The van der Waals surface area contributed by atoms with E-state index in [-0.39, 0.29) is 5.54 Å². The van der Waals surface area contributed by atoms with Crippen LogP contribution in [0.1, 0.15) is 46.1 Å². The Morgan fingerprint density at radius 1 is 1.39 bits per heavy atom. The monoisotopic (exact) mass is 247 g/mol. The molecule has 0 unspecified atom stereocenters. The van der Waals surface area contributed by atoms with Gasteiger partial charge in [0.2, 0.25) is 0 Å². The number of aromatic nitrogens is 1. The van der Waals surface area contributed by atoms with Crippen LogP contribution in [0.5, 0.6) is 0 Å². The first kappa shape index (κ1) is 13.3. The van der Waals surface area contributed by atoms with E-state index in [0.29, 0.717) is 0 Å². The van der Waals surface area contributed by atoms with E-state index in [2.05, 4.69) is 49.0 Å². The van der Waals surface area contributed by atoms with Gasteiger partial charge in [-0.05, 0) is 52.2 Å². The van der Waals surface area contributed by atoms with Gasteiger partial charge in [0.1, 0.15) is 0 Å². The summed E-state index contributed by atoms with van der Waals surface area (Å²) in [6, 6.07) is 2.88. The third-order valence-electron chi connectivity index (χ3n) is 3.33. The van der Waals surface area contributed by atoms with Crippen molar-refractivity contribution in [1.82, 2.24) is 10.3 Å². The highest BCUT2D eigenvalue weighted by Gasteiger charge is 2.29. The first-order valence-corrected chi connectivity index (χ1v) is 6.96. The van der Waals surface area contributed by atoms with Crippen molar-refractivity contribution in [2.75, 3.05) is 11.4 Å². The molecule has 0 atom stereocenters. The zero-order valence-electron chi connectivity index (χ0n) is 12.0. The minimum absolute atomic E-state index is 0.150. The van der Waals surface area contributed by atoms with Crippen LogP contribution in [0.4, 0.5) is 5.69 Å². The molecule has 0 aromatic carbocycles. The highest BCUT2D eigenvalue weighted by Crippen LogP contribution is 2.32. The summed E-state index contributed by atoms with van der Waals surface area (Å²) in [4.78, 5) is 6.79. The van der Waals surface area contributed by atoms with Crippen LogP contribution in [-0.4, -0.2) is 23.1 Å². The largest absolute Gasteiger partial charge is 0.367 e. The van der Waals surface area contributed by atoms with Gasteiger partial charge in [-0.1, -0.05) is 0 Å². The first-order chi connectivity index (χ1) is 8.51. The SMILES string of the molecule is CCN(c1cnccc1CNC(C)(C)C)C1CC1. The van der Waals surface area contributed by atoms with Crippen molar-refractivity contribution in [2.24, 2.45) is 0 Å². The predicted octanol–water partition coefficient (Wildman–Crippen LogP) is 2.96. The normalized spacial score (nSPS) is 15.8. The van der Waals surface area contributed by atoms with Gasteiger partial charge in [-0.15, -0.1) is 0 Å². The second-order valence-corrected chi connectivity index (χ2v) is 6.13. The van der Waals surface area contributed by atoms with Gasteiger partial charge < -0.3 is 10.2 Å². The smallest absolute Gasteiger partial charge is 0.0600 e. The second-order valence-electron chi connectivity index (χ2n) is 6.13. The molecule has 1 fully saturated rings. The van der Waals surface area contributed by atoms with Crippen LogP contribution >= 0.6 is 0 Å². The van der Waals surface area contributed by atoms with Gasteiger partial charge in [0.25, 0.3) is 0 Å². The average Bonchev–Trinajstić information content (AvgIpc) is 3.12. The van der Waals surface area contributed by atoms with Gasteiger partial charge >= 0.3 is 0 Å². The fraction of sp³-hybridized carbons (Fsp3) is 0.667. The third kappa shape index (κ3) is 3.45. The Morgan fingerprint density at radius 3 is 2.67 bits per heavy atom. The molecule has 1 aromatic rings. The van der Waals surface area contributed by atoms with Crippen molar-refractivity contribution >= 4 is 5.69 Å². The molecule has 1 saturated carbocycles. The van der Waals surface area contributed by atoms with Gasteiger partial charge in [0.15, 0.2) is 0 Å². The van der Waals surface area contributed by atoms with Gasteiger partial charge in [-0.25, -0.2) is 0 Å². The summed E-state index contributed by atoms with van der Waals surface area (Å²) < 4.78 is 0. The molecule has 1 heterocycles. The molecule has 2 rings (SSSR count). The number of nitrogens with one attached hydrogen (secondary N) is 1. The molecule has 1 aliphatic rings. The Hall–Kier alpha value is -1.09. The quantitative estimate of drug-likeness (QED) is 0.867. The molecule has 0 radical (unpaired) electrons. The molecule has 1 N–H and O–H groups in total. The van der Waals surface area contributed by atoms with Crippen LogP contribution < -0.4 is 10.2 Å². The van der Waals surface area contributed by atoms with Crippen LogP contribution in [0, 0.1) is 0 Å². The predicted molar refractivity (Wildman–Crippen MR) is 76.9 cm³/mol. The molecule has 0 spiro atoms. The Kier molecular flexibility index (Phi) is 3.91. The zero-order valence-corrected chi connectivity index (χ0v) is 12.0. The summed E-state index contributed by atoms with van der Waals surface area (Å²) in [5, 5.41) is 3.56. The lowest BCUT2D eigenvalue weighted by molar-refractivity contribution is 0.424. The number of rotatable bonds is 5. The van der Waals surface area contributed by atoms with Gasteiger partial charge in [0, 0.05) is 30.9 Å². The van der Waals surface area contributed by atoms with Crippen LogP contribution in [0.15, 0.2) is 18.5 Å². The van der Waals surface area contributed by atoms with Crippen molar-refractivity contribution in [3.63, 3.8) is 0 Å². The fourth-order valence-corrected chi connectivity index (χ4v) is 2.19. The molecule has 0 aliphatic heterocycles. The summed E-state index contributed by atoms with van der Waals surface area (Å²) in [5.41, 5.74) is 2.81. The second kappa shape index (κ2) is 5.27. The average molecular weight is 247 g/mol. The van der Waals surface area contributed by atoms with Crippen molar-refractivity contribution in [2.45, 2.75) is 58.7 Å². The summed E-state index contributed by atoms with van der Waals surface area (Å²) in [5.74, 6) is 0. The molecular formula is C15H25N3. The van der Waals surface area contributed by atoms with Crippen LogP contribution in [0.3, 0.4) is 0 Å². The Morgan fingerprint density at radius 2 is 2.11 bits per heavy atom. The van der Waals surface area contributed by atoms with Crippen molar-refractivity contribution in [3.8, 4) is 0 Å². The lowest BCUT2D eigenvalue weighted by atomic mass is 10.1. The van der Waals surface area contributed by atoms with Gasteiger partial charge in [-0.3, -0.25) is 4.98 Å². The maximum Gasteiger partial charge on any atom is 0.0600 e. The van der Waals surface area contributed by atoms with E-state index in [1.54, 1.807) is 0 Å². The maximum absolute atomic E-state index is 4.30. The number of pyridine rings is 1. The highest BCUT2D eigenvalue weighted by molar-refractivity contribution is 5.53. The number of anilines is 1. The summed E-state index contributed by atoms with van der Waals surface area (Å²) >= 11 is 0. The maximum atomic E-state index is 4.30. The number of nitrogens with zero attached hydrogens (tertiary/aromatic N) is 2. The molecule has 1 aromatic heterocycles. The van der Waals surface area contributed by atoms with Crippen molar-refractivity contribution < 1.29 is 0 Å². The van der Waals surface area contributed by atoms with Gasteiger partial charge in [-0.2, -0.15) is 0 Å². The van der Waals surface area contributed by atoms with Crippen LogP contribution in [0.2, 0.25) is 0 Å². The standard InChI is InChI=1S/C15H25N3/c1-5-18(13-6-7-13)14-11-16-9-8-12(14)10-17-15(2,3)4/h8-9,11,13,17H,5-7,10H2,1-4H3. The highest BCUT2D eigenvalue weighted by atomic mass is 15.2. The summed E-state index contributed by atoms with van der Waals surface area (Å²) in [6.07, 6.45) is 6.56. The first-order valence-electron chi connectivity index (χ1n) is 6.96. The van der Waals surface area contributed by atoms with E-state index in [0.717, 1.165) is 19.1 Å². The van der Waals surface area contributed by atoms with Crippen LogP contribution in [0.25, 0.3) is 0 Å². The molecule has 0 amide bonds. The van der Waals surface area contributed by atoms with E-state index in [4.69, 9.17) is 0 Å². The molecule has 100 valence electrons. The van der Waals surface area contributed by atoms with Crippen molar-refractivity contribution in [1.29, 1.82) is 0 Å². The third-order valence-corrected chi connectivity index (χ3v) is 3.33. The zero-order chi connectivity index (χ0) is 13.2. The Balaban J connectivity index is 2.14. The lowest BCUT2D eigenvalue weighted by Crippen LogP contribution is -2.36. The Bertz CT molecular complexity index is 391. The summed E-state index contributed by atoms with van der Waals surface area (Å²) in [6.45, 7) is 10.8. The van der Waals surface area contributed by atoms with E-state index < -0.39 is 0 Å². The molecule has 18 heavy (non-hydrogen) atoms. The lowest BCUT2D eigenvalue weighted by Gasteiger charge is -2.27. The van der Waals surface area contributed by atoms with E-state index in [1.165, 1.54) is 24.1 Å². The molecule has 1 aliphatic carbocycles. The molecule has 0 saturated heterocycles. The van der Waals surface area contributed by atoms with Gasteiger partial charge in [0.05, 0.1) is 11.9 Å². The molecule has 3 nitrogen and oxygen atoms in total. The molecule has 3 heteroatoms. The van der Waals surface area contributed by atoms with E-state index in [9.17, 15) is 0 Å². The molecule has 0 bridgehead atoms. The van der Waals surface area contributed by atoms with Crippen molar-refractivity contribution in [3.05, 3.63) is 24.0 Å². The minimum atomic E-state index is 0.150. The molecular weight excluding hydrogens is 222 g/mol. The Labute approximate surface area is 111 Å². The topological polar surface area (TPSA) is 28.2 Å². The number of hydrogen-bond acceptors (Lipinski definition) is 3. The van der Waals surface area contributed by atoms with Crippen LogP contribution in [-0.2, 0) is 6.54 Å². The number of hydrogen-bond donors (Lipinski definition) is 1. The fourth-order valence-electron chi connectivity index (χ4n) is 2.19. The summed E-state index contributed by atoms with van der Waals surface area (Å²) in [7, 11) is 0. The minimum Gasteiger partial charge on any atom is -0.367 e.